The number of phenols is 1. The van der Waals surface area contributed by atoms with Gasteiger partial charge in [0.2, 0.25) is 0 Å². The Balaban J connectivity index is 2.31. The number of hydrogen-bond acceptors (Lipinski definition) is 4. The van der Waals surface area contributed by atoms with Crippen LogP contribution < -0.4 is 9.47 Å². The van der Waals surface area contributed by atoms with Gasteiger partial charge in [-0.05, 0) is 42.5 Å². The largest absolute Gasteiger partial charge is 0.505 e. The van der Waals surface area contributed by atoms with Gasteiger partial charge in [0.25, 0.3) is 0 Å². The Morgan fingerprint density at radius 3 is 2.30 bits per heavy atom. The molecular formula is C17H14Cl2O4. The van der Waals surface area contributed by atoms with Gasteiger partial charge in [0.05, 0.1) is 24.3 Å². The Morgan fingerprint density at radius 1 is 1.09 bits per heavy atom. The minimum Gasteiger partial charge on any atom is -0.505 e. The molecule has 0 radical (unpaired) electrons. The van der Waals surface area contributed by atoms with E-state index in [2.05, 4.69) is 0 Å². The summed E-state index contributed by atoms with van der Waals surface area (Å²) in [6.45, 7) is 0. The molecule has 2 rings (SSSR count). The highest BCUT2D eigenvalue weighted by atomic mass is 35.5. The molecule has 0 fully saturated rings. The molecule has 0 amide bonds. The molecule has 0 heterocycles. The number of carbonyl (C=O) groups is 1. The van der Waals surface area contributed by atoms with E-state index < -0.39 is 0 Å². The van der Waals surface area contributed by atoms with Gasteiger partial charge >= 0.3 is 0 Å². The quantitative estimate of drug-likeness (QED) is 0.630. The second kappa shape index (κ2) is 7.40. The number of rotatable bonds is 5. The van der Waals surface area contributed by atoms with Crippen LogP contribution in [0.4, 0.5) is 0 Å². The first-order valence-corrected chi connectivity index (χ1v) is 7.34. The second-order valence-corrected chi connectivity index (χ2v) is 5.41. The van der Waals surface area contributed by atoms with Gasteiger partial charge in [-0.1, -0.05) is 23.2 Å². The van der Waals surface area contributed by atoms with Gasteiger partial charge < -0.3 is 14.6 Å². The monoisotopic (exact) mass is 352 g/mol. The van der Waals surface area contributed by atoms with Crippen molar-refractivity contribution in [1.29, 1.82) is 0 Å². The molecule has 0 unspecified atom stereocenters. The highest BCUT2D eigenvalue weighted by Gasteiger charge is 2.11. The van der Waals surface area contributed by atoms with Gasteiger partial charge in [-0.25, -0.2) is 0 Å². The van der Waals surface area contributed by atoms with E-state index in [1.165, 1.54) is 18.2 Å². The highest BCUT2D eigenvalue weighted by Crippen LogP contribution is 2.33. The average Bonchev–Trinajstić information content (AvgIpc) is 2.56. The summed E-state index contributed by atoms with van der Waals surface area (Å²) in [5.41, 5.74) is 0.965. The lowest BCUT2D eigenvalue weighted by Gasteiger charge is -2.07. The maximum atomic E-state index is 12.2. The predicted molar refractivity (Wildman–Crippen MR) is 91.0 cm³/mol. The number of carbonyl (C=O) groups excluding carboxylic acids is 1. The second-order valence-electron chi connectivity index (χ2n) is 4.59. The topological polar surface area (TPSA) is 55.8 Å². The summed E-state index contributed by atoms with van der Waals surface area (Å²) in [5.74, 6) is 0.701. The standard InChI is InChI=1S/C17H14Cl2O4/c1-22-12-4-6-16(23-2)10(7-12)3-5-15(20)11-8-13(18)17(21)14(19)9-11/h3-9,21H,1-2H3. The fourth-order valence-electron chi connectivity index (χ4n) is 1.94. The third-order valence-electron chi connectivity index (χ3n) is 3.15. The molecule has 0 spiro atoms. The molecular weight excluding hydrogens is 339 g/mol. The molecule has 0 saturated heterocycles. The summed E-state index contributed by atoms with van der Waals surface area (Å²) in [6, 6.07) is 7.98. The van der Waals surface area contributed by atoms with E-state index in [9.17, 15) is 9.90 Å². The molecule has 0 aliphatic heterocycles. The molecule has 23 heavy (non-hydrogen) atoms. The summed E-state index contributed by atoms with van der Waals surface area (Å²) in [5, 5.41) is 9.57. The van der Waals surface area contributed by atoms with Crippen LogP contribution in [0.1, 0.15) is 15.9 Å². The Bertz CT molecular complexity index is 746. The van der Waals surface area contributed by atoms with E-state index in [1.807, 2.05) is 0 Å². The minimum atomic E-state index is -0.307. The first kappa shape index (κ1) is 17.2. The molecule has 120 valence electrons. The van der Waals surface area contributed by atoms with Crippen LogP contribution in [0, 0.1) is 0 Å². The number of ether oxygens (including phenoxy) is 2. The molecule has 0 saturated carbocycles. The van der Waals surface area contributed by atoms with E-state index in [-0.39, 0.29) is 27.1 Å². The molecule has 0 aliphatic carbocycles. The predicted octanol–water partition coefficient (Wildman–Crippen LogP) is 4.61. The third-order valence-corrected chi connectivity index (χ3v) is 3.73. The van der Waals surface area contributed by atoms with Gasteiger partial charge in [-0.3, -0.25) is 4.79 Å². The Morgan fingerprint density at radius 2 is 1.74 bits per heavy atom. The number of benzene rings is 2. The first-order chi connectivity index (χ1) is 11.0. The van der Waals surface area contributed by atoms with Crippen LogP contribution in [-0.4, -0.2) is 25.1 Å². The fraction of sp³-hybridized carbons (Fsp3) is 0.118. The number of ketones is 1. The van der Waals surface area contributed by atoms with Crippen molar-refractivity contribution in [2.45, 2.75) is 0 Å². The van der Waals surface area contributed by atoms with Crippen LogP contribution in [0.3, 0.4) is 0 Å². The number of allylic oxidation sites excluding steroid dienone is 1. The maximum absolute atomic E-state index is 12.2. The Labute approximate surface area is 143 Å². The summed E-state index contributed by atoms with van der Waals surface area (Å²) in [4.78, 5) is 12.2. The molecule has 0 bridgehead atoms. The molecule has 0 aromatic heterocycles. The minimum absolute atomic E-state index is 0.0215. The summed E-state index contributed by atoms with van der Waals surface area (Å²) < 4.78 is 10.4. The van der Waals surface area contributed by atoms with Crippen molar-refractivity contribution in [2.75, 3.05) is 14.2 Å². The van der Waals surface area contributed by atoms with Gasteiger partial charge in [-0.15, -0.1) is 0 Å². The van der Waals surface area contributed by atoms with Crippen molar-refractivity contribution < 1.29 is 19.4 Å². The van der Waals surface area contributed by atoms with Crippen molar-refractivity contribution in [2.24, 2.45) is 0 Å². The zero-order valence-corrected chi connectivity index (χ0v) is 14.0. The molecule has 4 nitrogen and oxygen atoms in total. The van der Waals surface area contributed by atoms with E-state index in [4.69, 9.17) is 32.7 Å². The maximum Gasteiger partial charge on any atom is 0.185 e. The lowest BCUT2D eigenvalue weighted by molar-refractivity contribution is 0.104. The zero-order chi connectivity index (χ0) is 17.0. The average molecular weight is 353 g/mol. The molecule has 1 N–H and O–H groups in total. The van der Waals surface area contributed by atoms with Crippen LogP contribution in [0.5, 0.6) is 17.2 Å². The van der Waals surface area contributed by atoms with Gasteiger partial charge in [0.15, 0.2) is 11.5 Å². The summed E-state index contributed by atoms with van der Waals surface area (Å²) in [6.07, 6.45) is 2.98. The van der Waals surface area contributed by atoms with Crippen molar-refractivity contribution in [3.8, 4) is 17.2 Å². The molecule has 6 heteroatoms. The van der Waals surface area contributed by atoms with Crippen molar-refractivity contribution in [3.63, 3.8) is 0 Å². The van der Waals surface area contributed by atoms with Crippen LogP contribution >= 0.6 is 23.2 Å². The SMILES string of the molecule is COc1ccc(OC)c(C=CC(=O)c2cc(Cl)c(O)c(Cl)c2)c1. The number of methoxy groups -OCH3 is 2. The molecule has 2 aromatic carbocycles. The van der Waals surface area contributed by atoms with Gasteiger partial charge in [0.1, 0.15) is 11.5 Å². The van der Waals surface area contributed by atoms with Crippen LogP contribution in [0.2, 0.25) is 10.0 Å². The summed E-state index contributed by atoms with van der Waals surface area (Å²) >= 11 is 11.6. The summed E-state index contributed by atoms with van der Waals surface area (Å²) in [7, 11) is 3.10. The Hall–Kier alpha value is -2.17. The molecule has 2 aromatic rings. The van der Waals surface area contributed by atoms with Crippen molar-refractivity contribution in [3.05, 3.63) is 57.6 Å². The number of hydrogen-bond donors (Lipinski definition) is 1. The lowest BCUT2D eigenvalue weighted by Crippen LogP contribution is -1.95. The molecule has 0 aliphatic rings. The number of aromatic hydroxyl groups is 1. The Kier molecular flexibility index (Phi) is 5.53. The normalized spacial score (nSPS) is 10.8. The lowest BCUT2D eigenvalue weighted by atomic mass is 10.1. The first-order valence-electron chi connectivity index (χ1n) is 6.58. The highest BCUT2D eigenvalue weighted by molar-refractivity contribution is 6.37. The van der Waals surface area contributed by atoms with E-state index in [0.29, 0.717) is 17.1 Å². The number of phenolic OH excluding ortho intramolecular Hbond substituents is 1. The smallest absolute Gasteiger partial charge is 0.185 e. The van der Waals surface area contributed by atoms with E-state index >= 15 is 0 Å². The zero-order valence-electron chi connectivity index (χ0n) is 12.5. The molecule has 0 atom stereocenters. The van der Waals surface area contributed by atoms with Crippen LogP contribution in [0.15, 0.2) is 36.4 Å². The van der Waals surface area contributed by atoms with Gasteiger partial charge in [-0.2, -0.15) is 0 Å². The fourth-order valence-corrected chi connectivity index (χ4v) is 2.43. The van der Waals surface area contributed by atoms with E-state index in [0.717, 1.165) is 0 Å². The third kappa shape index (κ3) is 3.97. The van der Waals surface area contributed by atoms with Crippen molar-refractivity contribution in [1.82, 2.24) is 0 Å². The van der Waals surface area contributed by atoms with E-state index in [1.54, 1.807) is 38.5 Å². The van der Waals surface area contributed by atoms with Crippen molar-refractivity contribution >= 4 is 35.1 Å². The van der Waals surface area contributed by atoms with Gasteiger partial charge in [0, 0.05) is 11.1 Å². The number of halogens is 2. The van der Waals surface area contributed by atoms with Crippen LogP contribution in [0.25, 0.3) is 6.08 Å². The van der Waals surface area contributed by atoms with Crippen LogP contribution in [-0.2, 0) is 0 Å².